The lowest BCUT2D eigenvalue weighted by molar-refractivity contribution is 0.0102. The molecule has 0 saturated heterocycles. The normalized spacial score (nSPS) is 19.6. The van der Waals surface area contributed by atoms with E-state index in [1.54, 1.807) is 0 Å². The standard InChI is InChI=1S/C6H9F3O2S/c7-6(8,3-5-1-2-5)4-12(9,10)11/h5H,1-4H2. The van der Waals surface area contributed by atoms with E-state index in [9.17, 15) is 21.1 Å². The van der Waals surface area contributed by atoms with Crippen molar-refractivity contribution in [2.75, 3.05) is 5.75 Å². The molecule has 0 radical (unpaired) electrons. The summed E-state index contributed by atoms with van der Waals surface area (Å²) in [6.07, 6.45) is 0.889. The van der Waals surface area contributed by atoms with Crippen LogP contribution in [0.25, 0.3) is 0 Å². The fourth-order valence-corrected chi connectivity index (χ4v) is 1.68. The Morgan fingerprint density at radius 2 is 1.83 bits per heavy atom. The first-order valence-electron chi connectivity index (χ1n) is 3.59. The molecule has 0 unspecified atom stereocenters. The zero-order valence-corrected chi connectivity index (χ0v) is 7.08. The van der Waals surface area contributed by atoms with E-state index in [1.165, 1.54) is 0 Å². The van der Waals surface area contributed by atoms with Gasteiger partial charge in [-0.15, -0.1) is 3.89 Å². The average Bonchev–Trinajstić information content (AvgIpc) is 2.39. The Balaban J connectivity index is 2.46. The summed E-state index contributed by atoms with van der Waals surface area (Å²) in [4.78, 5) is 0. The lowest BCUT2D eigenvalue weighted by Crippen LogP contribution is -2.26. The minimum Gasteiger partial charge on any atom is -0.206 e. The van der Waals surface area contributed by atoms with Crippen molar-refractivity contribution >= 4 is 10.2 Å². The van der Waals surface area contributed by atoms with Gasteiger partial charge in [0.15, 0.2) is 0 Å². The fourth-order valence-electron chi connectivity index (χ4n) is 1.06. The summed E-state index contributed by atoms with van der Waals surface area (Å²) in [5.74, 6) is -5.17. The lowest BCUT2D eigenvalue weighted by Gasteiger charge is -2.12. The molecule has 6 heteroatoms. The Bertz CT molecular complexity index is 256. The van der Waals surface area contributed by atoms with E-state index >= 15 is 0 Å². The second-order valence-corrected chi connectivity index (χ2v) is 4.55. The maximum absolute atomic E-state index is 12.6. The van der Waals surface area contributed by atoms with Crippen molar-refractivity contribution in [3.8, 4) is 0 Å². The third-order valence-corrected chi connectivity index (χ3v) is 2.43. The Kier molecular flexibility index (Phi) is 2.38. The number of halogens is 3. The molecule has 0 aromatic heterocycles. The van der Waals surface area contributed by atoms with Crippen LogP contribution >= 0.6 is 0 Å². The van der Waals surface area contributed by atoms with Gasteiger partial charge < -0.3 is 0 Å². The van der Waals surface area contributed by atoms with Crippen LogP contribution in [0.3, 0.4) is 0 Å². The van der Waals surface area contributed by atoms with Crippen LogP contribution in [0.4, 0.5) is 12.7 Å². The molecule has 0 aromatic rings. The predicted octanol–water partition coefficient (Wildman–Crippen LogP) is 1.72. The molecule has 0 heterocycles. The zero-order valence-electron chi connectivity index (χ0n) is 6.26. The van der Waals surface area contributed by atoms with Gasteiger partial charge in [-0.25, -0.2) is 8.78 Å². The molecule has 0 atom stereocenters. The van der Waals surface area contributed by atoms with E-state index in [0.717, 1.165) is 0 Å². The largest absolute Gasteiger partial charge is 0.308 e. The van der Waals surface area contributed by atoms with E-state index < -0.39 is 28.3 Å². The van der Waals surface area contributed by atoms with Gasteiger partial charge in [0.1, 0.15) is 5.75 Å². The summed E-state index contributed by atoms with van der Waals surface area (Å²) in [6, 6.07) is 0. The van der Waals surface area contributed by atoms with Crippen LogP contribution in [-0.4, -0.2) is 20.1 Å². The molecule has 0 amide bonds. The van der Waals surface area contributed by atoms with Crippen molar-refractivity contribution in [2.24, 2.45) is 5.92 Å². The molecule has 1 saturated carbocycles. The van der Waals surface area contributed by atoms with E-state index in [-0.39, 0.29) is 5.92 Å². The first-order valence-corrected chi connectivity index (χ1v) is 5.14. The first-order chi connectivity index (χ1) is 5.29. The number of hydrogen-bond acceptors (Lipinski definition) is 2. The third kappa shape index (κ3) is 3.94. The van der Waals surface area contributed by atoms with Crippen LogP contribution in [0.2, 0.25) is 0 Å². The van der Waals surface area contributed by atoms with Gasteiger partial charge in [0.25, 0.3) is 5.92 Å². The van der Waals surface area contributed by atoms with Crippen molar-refractivity contribution in [1.82, 2.24) is 0 Å². The van der Waals surface area contributed by atoms with Crippen molar-refractivity contribution in [3.63, 3.8) is 0 Å². The third-order valence-electron chi connectivity index (χ3n) is 1.67. The summed E-state index contributed by atoms with van der Waals surface area (Å²) < 4.78 is 56.8. The minimum atomic E-state index is -5.05. The first kappa shape index (κ1) is 9.83. The molecular formula is C6H9F3O2S. The smallest absolute Gasteiger partial charge is 0.206 e. The molecule has 72 valence electrons. The molecule has 1 rings (SSSR count). The van der Waals surface area contributed by atoms with Gasteiger partial charge in [-0.1, -0.05) is 0 Å². The number of hydrogen-bond donors (Lipinski definition) is 0. The Labute approximate surface area is 69.0 Å². The number of alkyl halides is 2. The quantitative estimate of drug-likeness (QED) is 0.650. The van der Waals surface area contributed by atoms with Gasteiger partial charge in [-0.3, -0.25) is 0 Å². The van der Waals surface area contributed by atoms with Crippen molar-refractivity contribution in [3.05, 3.63) is 0 Å². The number of rotatable bonds is 4. The van der Waals surface area contributed by atoms with Gasteiger partial charge in [-0.05, 0) is 18.8 Å². The Morgan fingerprint density at radius 3 is 2.17 bits per heavy atom. The van der Waals surface area contributed by atoms with Gasteiger partial charge in [0, 0.05) is 6.42 Å². The highest BCUT2D eigenvalue weighted by molar-refractivity contribution is 7.86. The summed E-state index contributed by atoms with van der Waals surface area (Å²) in [5, 5.41) is 0. The van der Waals surface area contributed by atoms with Crippen LogP contribution in [-0.2, 0) is 10.2 Å². The minimum absolute atomic E-state index is 0.109. The maximum Gasteiger partial charge on any atom is 0.308 e. The molecule has 2 nitrogen and oxygen atoms in total. The molecule has 0 aliphatic heterocycles. The molecule has 1 fully saturated rings. The van der Waals surface area contributed by atoms with Gasteiger partial charge in [0.2, 0.25) is 0 Å². The molecule has 1 aliphatic carbocycles. The second kappa shape index (κ2) is 2.90. The zero-order chi connectivity index (χ0) is 9.41. The molecule has 0 aromatic carbocycles. The molecule has 0 N–H and O–H groups in total. The van der Waals surface area contributed by atoms with E-state index in [0.29, 0.717) is 12.8 Å². The van der Waals surface area contributed by atoms with Gasteiger partial charge >= 0.3 is 10.2 Å². The molecule has 0 bridgehead atoms. The highest BCUT2D eigenvalue weighted by Crippen LogP contribution is 2.39. The maximum atomic E-state index is 12.6. The summed E-state index contributed by atoms with van der Waals surface area (Å²) in [5.41, 5.74) is 0. The second-order valence-electron chi connectivity index (χ2n) is 3.19. The van der Waals surface area contributed by atoms with Crippen LogP contribution in [0, 0.1) is 5.92 Å². The van der Waals surface area contributed by atoms with E-state index in [4.69, 9.17) is 0 Å². The van der Waals surface area contributed by atoms with Crippen molar-refractivity contribution in [1.29, 1.82) is 0 Å². The summed E-state index contributed by atoms with van der Waals surface area (Å²) in [6.45, 7) is 0. The Morgan fingerprint density at radius 1 is 1.33 bits per heavy atom. The van der Waals surface area contributed by atoms with Crippen molar-refractivity contribution in [2.45, 2.75) is 25.2 Å². The van der Waals surface area contributed by atoms with Crippen LogP contribution < -0.4 is 0 Å². The predicted molar refractivity (Wildman–Crippen MR) is 37.2 cm³/mol. The summed E-state index contributed by atoms with van der Waals surface area (Å²) >= 11 is 0. The molecule has 0 spiro atoms. The highest BCUT2D eigenvalue weighted by Gasteiger charge is 2.41. The summed E-state index contributed by atoms with van der Waals surface area (Å²) in [7, 11) is -5.05. The Hall–Kier alpha value is -0.260. The van der Waals surface area contributed by atoms with Gasteiger partial charge in [-0.2, -0.15) is 8.42 Å². The topological polar surface area (TPSA) is 34.1 Å². The highest BCUT2D eigenvalue weighted by atomic mass is 32.3. The average molecular weight is 202 g/mol. The SMILES string of the molecule is O=S(=O)(F)CC(F)(F)CC1CC1. The van der Waals surface area contributed by atoms with Crippen LogP contribution in [0.5, 0.6) is 0 Å². The van der Waals surface area contributed by atoms with E-state index in [1.807, 2.05) is 0 Å². The van der Waals surface area contributed by atoms with E-state index in [2.05, 4.69) is 0 Å². The molecular weight excluding hydrogens is 193 g/mol. The fraction of sp³-hybridized carbons (Fsp3) is 1.00. The lowest BCUT2D eigenvalue weighted by atomic mass is 10.2. The van der Waals surface area contributed by atoms with Crippen molar-refractivity contribution < 1.29 is 21.1 Å². The molecule has 1 aliphatic rings. The van der Waals surface area contributed by atoms with Gasteiger partial charge in [0.05, 0.1) is 0 Å². The molecule has 12 heavy (non-hydrogen) atoms. The van der Waals surface area contributed by atoms with Crippen LogP contribution in [0.15, 0.2) is 0 Å². The monoisotopic (exact) mass is 202 g/mol. The van der Waals surface area contributed by atoms with Crippen LogP contribution in [0.1, 0.15) is 19.3 Å².